The van der Waals surface area contributed by atoms with E-state index in [1.54, 1.807) is 19.1 Å². The number of nitrogens with zero attached hydrogens (tertiary/aromatic N) is 3. The Morgan fingerprint density at radius 1 is 1.48 bits per heavy atom. The number of aliphatic hydroxyl groups excluding tert-OH is 1. The highest BCUT2D eigenvalue weighted by Gasteiger charge is 2.20. The van der Waals surface area contributed by atoms with Gasteiger partial charge in [0, 0.05) is 12.1 Å². The van der Waals surface area contributed by atoms with Gasteiger partial charge in [-0.1, -0.05) is 17.3 Å². The third kappa shape index (κ3) is 3.28. The summed E-state index contributed by atoms with van der Waals surface area (Å²) in [6.07, 6.45) is 1.52. The summed E-state index contributed by atoms with van der Waals surface area (Å²) in [6.45, 7) is 3.76. The van der Waals surface area contributed by atoms with E-state index < -0.39 is 0 Å². The molecule has 6 heteroatoms. The number of aromatic nitrogens is 2. The van der Waals surface area contributed by atoms with Gasteiger partial charge in [-0.25, -0.2) is 4.39 Å². The fraction of sp³-hybridized carbons (Fsp3) is 0.467. The van der Waals surface area contributed by atoms with Crippen molar-refractivity contribution in [2.75, 3.05) is 13.1 Å². The molecular formula is C15H18FN3O2. The van der Waals surface area contributed by atoms with Gasteiger partial charge in [0.1, 0.15) is 5.82 Å². The third-order valence-electron chi connectivity index (χ3n) is 3.74. The zero-order chi connectivity index (χ0) is 14.8. The first-order valence-corrected chi connectivity index (χ1v) is 7.11. The maximum atomic E-state index is 13.6. The summed E-state index contributed by atoms with van der Waals surface area (Å²) in [5.41, 5.74) is 1.19. The molecule has 0 aliphatic carbocycles. The van der Waals surface area contributed by atoms with Crippen molar-refractivity contribution < 1.29 is 14.0 Å². The Hall–Kier alpha value is -1.79. The fourth-order valence-corrected chi connectivity index (χ4v) is 2.53. The van der Waals surface area contributed by atoms with Crippen LogP contribution >= 0.6 is 0 Å². The number of hydrogen-bond donors (Lipinski definition) is 1. The lowest BCUT2D eigenvalue weighted by Gasteiger charge is -2.28. The molecule has 0 spiro atoms. The van der Waals surface area contributed by atoms with Gasteiger partial charge < -0.3 is 9.63 Å². The first-order chi connectivity index (χ1) is 10.1. The van der Waals surface area contributed by atoms with E-state index in [0.29, 0.717) is 35.9 Å². The highest BCUT2D eigenvalue weighted by Crippen LogP contribution is 2.20. The van der Waals surface area contributed by atoms with Crippen molar-refractivity contribution in [3.63, 3.8) is 0 Å². The van der Waals surface area contributed by atoms with Crippen LogP contribution in [0.2, 0.25) is 0 Å². The maximum absolute atomic E-state index is 13.6. The summed E-state index contributed by atoms with van der Waals surface area (Å²) in [6, 6.07) is 4.88. The van der Waals surface area contributed by atoms with E-state index in [4.69, 9.17) is 4.52 Å². The standard InChI is InChI=1S/C15H18FN3O2/c1-10-4-5-11(7-13(10)16)15-17-14(21-18-15)9-19-6-2-3-12(20)8-19/h4-5,7,12,20H,2-3,6,8-9H2,1H3/t12-/m1/s1. The predicted octanol–water partition coefficient (Wildman–Crippen LogP) is 2.14. The monoisotopic (exact) mass is 291 g/mol. The van der Waals surface area contributed by atoms with Gasteiger partial charge in [0.25, 0.3) is 0 Å². The van der Waals surface area contributed by atoms with Gasteiger partial charge in [-0.05, 0) is 37.9 Å². The Bertz CT molecular complexity index is 629. The molecule has 0 unspecified atom stereocenters. The van der Waals surface area contributed by atoms with Crippen molar-refractivity contribution in [1.29, 1.82) is 0 Å². The number of aliphatic hydroxyl groups is 1. The number of β-amino-alcohol motifs (C(OH)–C–C–N with tert-alkyl or cyclic N) is 1. The van der Waals surface area contributed by atoms with Gasteiger partial charge in [-0.15, -0.1) is 0 Å². The molecule has 0 amide bonds. The summed E-state index contributed by atoms with van der Waals surface area (Å²) in [4.78, 5) is 6.39. The molecule has 112 valence electrons. The zero-order valence-electron chi connectivity index (χ0n) is 11.9. The van der Waals surface area contributed by atoms with Gasteiger partial charge in [-0.3, -0.25) is 4.90 Å². The number of piperidine rings is 1. The highest BCUT2D eigenvalue weighted by atomic mass is 19.1. The van der Waals surface area contributed by atoms with Crippen molar-refractivity contribution in [2.24, 2.45) is 0 Å². The lowest BCUT2D eigenvalue weighted by molar-refractivity contribution is 0.0613. The van der Waals surface area contributed by atoms with E-state index in [0.717, 1.165) is 19.4 Å². The minimum Gasteiger partial charge on any atom is -0.392 e. The third-order valence-corrected chi connectivity index (χ3v) is 3.74. The number of likely N-dealkylation sites (tertiary alicyclic amines) is 1. The Kier molecular flexibility index (Phi) is 3.98. The first kappa shape index (κ1) is 14.2. The first-order valence-electron chi connectivity index (χ1n) is 7.11. The minimum atomic E-state index is -0.285. The molecule has 1 aromatic carbocycles. The van der Waals surface area contributed by atoms with Crippen molar-refractivity contribution >= 4 is 0 Å². The quantitative estimate of drug-likeness (QED) is 0.938. The molecule has 0 bridgehead atoms. The molecule has 1 aliphatic rings. The molecule has 1 N–H and O–H groups in total. The summed E-state index contributed by atoms with van der Waals surface area (Å²) in [7, 11) is 0. The van der Waals surface area contributed by atoms with E-state index in [1.165, 1.54) is 6.07 Å². The van der Waals surface area contributed by atoms with Crippen LogP contribution in [0.1, 0.15) is 24.3 Å². The molecule has 1 atom stereocenters. The van der Waals surface area contributed by atoms with Gasteiger partial charge in [0.2, 0.25) is 11.7 Å². The number of halogens is 1. The molecule has 3 rings (SSSR count). The zero-order valence-corrected chi connectivity index (χ0v) is 11.9. The molecule has 5 nitrogen and oxygen atoms in total. The van der Waals surface area contributed by atoms with Crippen molar-refractivity contribution in [1.82, 2.24) is 15.0 Å². The number of hydrogen-bond acceptors (Lipinski definition) is 5. The van der Waals surface area contributed by atoms with Crippen LogP contribution in [0.15, 0.2) is 22.7 Å². The van der Waals surface area contributed by atoms with Crippen LogP contribution in [-0.4, -0.2) is 39.3 Å². The average Bonchev–Trinajstić information content (AvgIpc) is 2.90. The van der Waals surface area contributed by atoms with E-state index in [9.17, 15) is 9.50 Å². The van der Waals surface area contributed by atoms with Gasteiger partial charge in [0.15, 0.2) is 0 Å². The number of aryl methyl sites for hydroxylation is 1. The van der Waals surface area contributed by atoms with Crippen LogP contribution < -0.4 is 0 Å². The molecule has 1 aromatic heterocycles. The van der Waals surface area contributed by atoms with Gasteiger partial charge in [-0.2, -0.15) is 4.98 Å². The summed E-state index contributed by atoms with van der Waals surface area (Å²) in [5, 5.41) is 13.5. The van der Waals surface area contributed by atoms with Gasteiger partial charge in [0.05, 0.1) is 12.6 Å². The van der Waals surface area contributed by atoms with Crippen molar-refractivity contribution in [3.8, 4) is 11.4 Å². The van der Waals surface area contributed by atoms with Crippen molar-refractivity contribution in [2.45, 2.75) is 32.4 Å². The molecule has 2 heterocycles. The summed E-state index contributed by atoms with van der Waals surface area (Å²) >= 11 is 0. The van der Waals surface area contributed by atoms with E-state index >= 15 is 0 Å². The largest absolute Gasteiger partial charge is 0.392 e. The van der Waals surface area contributed by atoms with Crippen LogP contribution in [0.25, 0.3) is 11.4 Å². The molecule has 2 aromatic rings. The topological polar surface area (TPSA) is 62.4 Å². The second-order valence-electron chi connectivity index (χ2n) is 5.51. The van der Waals surface area contributed by atoms with E-state index in [1.807, 2.05) is 0 Å². The van der Waals surface area contributed by atoms with Crippen LogP contribution in [0.3, 0.4) is 0 Å². The molecule has 0 radical (unpaired) electrons. The highest BCUT2D eigenvalue weighted by molar-refractivity contribution is 5.54. The van der Waals surface area contributed by atoms with Crippen molar-refractivity contribution in [3.05, 3.63) is 35.5 Å². The molecule has 1 aliphatic heterocycles. The maximum Gasteiger partial charge on any atom is 0.241 e. The molecule has 1 fully saturated rings. The molecule has 1 saturated heterocycles. The number of rotatable bonds is 3. The van der Waals surface area contributed by atoms with Crippen LogP contribution in [-0.2, 0) is 6.54 Å². The Morgan fingerprint density at radius 2 is 2.33 bits per heavy atom. The minimum absolute atomic E-state index is 0.280. The van der Waals surface area contributed by atoms with Crippen LogP contribution in [0.4, 0.5) is 4.39 Å². The van der Waals surface area contributed by atoms with E-state index in [-0.39, 0.29) is 11.9 Å². The SMILES string of the molecule is Cc1ccc(-c2noc(CN3CCC[C@@H](O)C3)n2)cc1F. The summed E-state index contributed by atoms with van der Waals surface area (Å²) < 4.78 is 18.8. The van der Waals surface area contributed by atoms with Crippen LogP contribution in [0, 0.1) is 12.7 Å². The lowest BCUT2D eigenvalue weighted by atomic mass is 10.1. The smallest absolute Gasteiger partial charge is 0.241 e. The molecule has 21 heavy (non-hydrogen) atoms. The second kappa shape index (κ2) is 5.91. The second-order valence-corrected chi connectivity index (χ2v) is 5.51. The fourth-order valence-electron chi connectivity index (χ4n) is 2.53. The Morgan fingerprint density at radius 3 is 3.10 bits per heavy atom. The molecular weight excluding hydrogens is 273 g/mol. The Labute approximate surface area is 122 Å². The summed E-state index contributed by atoms with van der Waals surface area (Å²) in [5.74, 6) is 0.597. The van der Waals surface area contributed by atoms with E-state index in [2.05, 4.69) is 15.0 Å². The van der Waals surface area contributed by atoms with Crippen LogP contribution in [0.5, 0.6) is 0 Å². The number of benzene rings is 1. The lowest BCUT2D eigenvalue weighted by Crippen LogP contribution is -2.37. The Balaban J connectivity index is 1.72. The molecule has 0 saturated carbocycles. The van der Waals surface area contributed by atoms with Gasteiger partial charge >= 0.3 is 0 Å². The predicted molar refractivity (Wildman–Crippen MR) is 74.9 cm³/mol. The average molecular weight is 291 g/mol. The normalized spacial score (nSPS) is 19.9.